The summed E-state index contributed by atoms with van der Waals surface area (Å²) in [7, 11) is 0. The number of fused-ring (bicyclic) bond motifs is 1. The monoisotopic (exact) mass is 228 g/mol. The zero-order valence-corrected chi connectivity index (χ0v) is 7.77. The summed E-state index contributed by atoms with van der Waals surface area (Å²) in [4.78, 5) is 11.1. The van der Waals surface area contributed by atoms with Crippen molar-refractivity contribution in [3.05, 3.63) is 33.8 Å². The van der Waals surface area contributed by atoms with Gasteiger partial charge >= 0.3 is 0 Å². The molecule has 0 saturated carbocycles. The Morgan fingerprint density at radius 2 is 2.25 bits per heavy atom. The van der Waals surface area contributed by atoms with Crippen molar-refractivity contribution in [3.63, 3.8) is 0 Å². The van der Waals surface area contributed by atoms with Crippen LogP contribution in [0.25, 0.3) is 0 Å². The lowest BCUT2D eigenvalue weighted by Gasteiger charge is -1.95. The van der Waals surface area contributed by atoms with Crippen molar-refractivity contribution >= 4 is 21.7 Å². The van der Waals surface area contributed by atoms with Crippen LogP contribution in [0.1, 0.15) is 15.9 Å². The predicted octanol–water partition coefficient (Wildman–Crippen LogP) is 2.53. The lowest BCUT2D eigenvalue weighted by atomic mass is 10.1. The maximum atomic E-state index is 12.9. The Labute approximate surface area is 77.7 Å². The molecule has 1 aromatic rings. The molecular weight excluding hydrogens is 223 g/mol. The Morgan fingerprint density at radius 3 is 3.00 bits per heavy atom. The van der Waals surface area contributed by atoms with Crippen molar-refractivity contribution in [3.8, 4) is 0 Å². The zero-order valence-electron chi connectivity index (χ0n) is 6.18. The zero-order chi connectivity index (χ0) is 8.72. The lowest BCUT2D eigenvalue weighted by molar-refractivity contribution is 0.0899. The van der Waals surface area contributed by atoms with Gasteiger partial charge in [-0.2, -0.15) is 0 Å². The molecule has 1 aromatic carbocycles. The first kappa shape index (κ1) is 7.92. The van der Waals surface area contributed by atoms with Gasteiger partial charge in [-0.3, -0.25) is 4.79 Å². The molecule has 1 nitrogen and oxygen atoms in total. The smallest absolute Gasteiger partial charge is 0.197 e. The van der Waals surface area contributed by atoms with Crippen LogP contribution in [0.5, 0.6) is 0 Å². The summed E-state index contributed by atoms with van der Waals surface area (Å²) in [6.07, 6.45) is -1.09. The van der Waals surface area contributed by atoms with Gasteiger partial charge in [-0.25, -0.2) is 4.39 Å². The van der Waals surface area contributed by atoms with Crippen LogP contribution in [-0.4, -0.2) is 12.0 Å². The number of ketones is 1. The SMILES string of the molecule is O=C1c2ccc(Br)cc2CC1F. The average molecular weight is 229 g/mol. The third-order valence-corrected chi connectivity index (χ3v) is 2.51. The molecule has 2 rings (SSSR count). The van der Waals surface area contributed by atoms with Crippen LogP contribution in [0.4, 0.5) is 4.39 Å². The summed E-state index contributed by atoms with van der Waals surface area (Å²) >= 11 is 3.27. The van der Waals surface area contributed by atoms with Crippen molar-refractivity contribution in [1.29, 1.82) is 0 Å². The fraction of sp³-hybridized carbons (Fsp3) is 0.222. The predicted molar refractivity (Wildman–Crippen MR) is 47.1 cm³/mol. The van der Waals surface area contributed by atoms with Crippen molar-refractivity contribution < 1.29 is 9.18 Å². The molecule has 1 unspecified atom stereocenters. The standard InChI is InChI=1S/C9H6BrFO/c10-6-1-2-7-5(3-6)4-8(11)9(7)12/h1-3,8H,4H2. The summed E-state index contributed by atoms with van der Waals surface area (Å²) in [6, 6.07) is 5.23. The molecule has 0 aliphatic heterocycles. The lowest BCUT2D eigenvalue weighted by Crippen LogP contribution is -2.07. The Balaban J connectivity index is 2.54. The van der Waals surface area contributed by atoms with E-state index in [0.29, 0.717) is 5.56 Å². The van der Waals surface area contributed by atoms with E-state index >= 15 is 0 Å². The fourth-order valence-corrected chi connectivity index (χ4v) is 1.83. The van der Waals surface area contributed by atoms with Gasteiger partial charge in [0.2, 0.25) is 0 Å². The second-order valence-corrected chi connectivity index (χ2v) is 3.75. The molecule has 62 valence electrons. The van der Waals surface area contributed by atoms with E-state index in [-0.39, 0.29) is 12.2 Å². The third-order valence-electron chi connectivity index (χ3n) is 2.02. The Morgan fingerprint density at radius 1 is 1.50 bits per heavy atom. The molecule has 0 aromatic heterocycles. The first-order chi connectivity index (χ1) is 5.68. The van der Waals surface area contributed by atoms with Crippen LogP contribution in [0.2, 0.25) is 0 Å². The van der Waals surface area contributed by atoms with Crippen LogP contribution in [0.15, 0.2) is 22.7 Å². The molecule has 0 saturated heterocycles. The topological polar surface area (TPSA) is 17.1 Å². The normalized spacial score (nSPS) is 21.2. The Bertz CT molecular complexity index is 348. The van der Waals surface area contributed by atoms with Crippen LogP contribution < -0.4 is 0 Å². The fourth-order valence-electron chi connectivity index (χ4n) is 1.43. The number of hydrogen-bond acceptors (Lipinski definition) is 1. The van der Waals surface area contributed by atoms with E-state index in [9.17, 15) is 9.18 Å². The molecule has 0 spiro atoms. The van der Waals surface area contributed by atoms with Crippen molar-refractivity contribution in [2.45, 2.75) is 12.6 Å². The van der Waals surface area contributed by atoms with Gasteiger partial charge in [0, 0.05) is 16.5 Å². The van der Waals surface area contributed by atoms with Gasteiger partial charge in [-0.05, 0) is 23.8 Å². The van der Waals surface area contributed by atoms with Gasteiger partial charge in [0.25, 0.3) is 0 Å². The Kier molecular flexibility index (Phi) is 1.76. The van der Waals surface area contributed by atoms with E-state index in [1.807, 2.05) is 0 Å². The van der Waals surface area contributed by atoms with Crippen molar-refractivity contribution in [1.82, 2.24) is 0 Å². The highest BCUT2D eigenvalue weighted by atomic mass is 79.9. The second kappa shape index (κ2) is 2.66. The van der Waals surface area contributed by atoms with Crippen LogP contribution >= 0.6 is 15.9 Å². The van der Waals surface area contributed by atoms with E-state index in [0.717, 1.165) is 10.0 Å². The quantitative estimate of drug-likeness (QED) is 0.668. The summed E-state index contributed by atoms with van der Waals surface area (Å²) in [5.41, 5.74) is 1.34. The summed E-state index contributed by atoms with van der Waals surface area (Å²) in [5.74, 6) is -0.377. The molecule has 0 bridgehead atoms. The number of carbonyl (C=O) groups is 1. The number of rotatable bonds is 0. The van der Waals surface area contributed by atoms with E-state index in [4.69, 9.17) is 0 Å². The Hall–Kier alpha value is -0.700. The molecule has 1 aliphatic carbocycles. The van der Waals surface area contributed by atoms with Gasteiger partial charge < -0.3 is 0 Å². The molecule has 0 fully saturated rings. The van der Waals surface area contributed by atoms with Gasteiger partial charge in [-0.15, -0.1) is 0 Å². The number of carbonyl (C=O) groups excluding carboxylic acids is 1. The van der Waals surface area contributed by atoms with Crippen molar-refractivity contribution in [2.24, 2.45) is 0 Å². The highest BCUT2D eigenvalue weighted by molar-refractivity contribution is 9.10. The molecule has 3 heteroatoms. The van der Waals surface area contributed by atoms with E-state index in [1.54, 1.807) is 18.2 Å². The largest absolute Gasteiger partial charge is 0.291 e. The molecular formula is C9H6BrFO. The molecule has 0 N–H and O–H groups in total. The van der Waals surface area contributed by atoms with E-state index in [1.165, 1.54) is 0 Å². The minimum atomic E-state index is -1.32. The summed E-state index contributed by atoms with van der Waals surface area (Å²) in [5, 5.41) is 0. The molecule has 1 aliphatic rings. The third kappa shape index (κ3) is 1.08. The van der Waals surface area contributed by atoms with Crippen LogP contribution in [-0.2, 0) is 6.42 Å². The molecule has 0 amide bonds. The highest BCUT2D eigenvalue weighted by Crippen LogP contribution is 2.26. The number of halogens is 2. The average Bonchev–Trinajstić information content (AvgIpc) is 2.28. The number of Topliss-reactive ketones (excluding diaryl/α,β-unsaturated/α-hetero) is 1. The minimum Gasteiger partial charge on any atom is -0.291 e. The van der Waals surface area contributed by atoms with Gasteiger partial charge in [-0.1, -0.05) is 15.9 Å². The van der Waals surface area contributed by atoms with Crippen molar-refractivity contribution in [2.75, 3.05) is 0 Å². The van der Waals surface area contributed by atoms with Crippen LogP contribution in [0.3, 0.4) is 0 Å². The molecule has 0 heterocycles. The number of alkyl halides is 1. The molecule has 12 heavy (non-hydrogen) atoms. The number of benzene rings is 1. The molecule has 0 radical (unpaired) electrons. The highest BCUT2D eigenvalue weighted by Gasteiger charge is 2.29. The first-order valence-corrected chi connectivity index (χ1v) is 4.44. The number of hydrogen-bond donors (Lipinski definition) is 0. The second-order valence-electron chi connectivity index (χ2n) is 2.84. The van der Waals surface area contributed by atoms with Crippen LogP contribution in [0, 0.1) is 0 Å². The maximum absolute atomic E-state index is 12.9. The minimum absolute atomic E-state index is 0.230. The van der Waals surface area contributed by atoms with E-state index < -0.39 is 6.17 Å². The maximum Gasteiger partial charge on any atom is 0.197 e. The van der Waals surface area contributed by atoms with E-state index in [2.05, 4.69) is 15.9 Å². The summed E-state index contributed by atoms with van der Waals surface area (Å²) in [6.45, 7) is 0. The summed E-state index contributed by atoms with van der Waals surface area (Å²) < 4.78 is 13.8. The van der Waals surface area contributed by atoms with Gasteiger partial charge in [0.15, 0.2) is 12.0 Å². The van der Waals surface area contributed by atoms with Gasteiger partial charge in [0.1, 0.15) is 0 Å². The first-order valence-electron chi connectivity index (χ1n) is 3.65. The molecule has 1 atom stereocenters. The van der Waals surface area contributed by atoms with Gasteiger partial charge in [0.05, 0.1) is 0 Å².